The Balaban J connectivity index is 1.94. The molecule has 1 aliphatic rings. The van der Waals surface area contributed by atoms with Crippen LogP contribution in [0.5, 0.6) is 0 Å². The number of hydrogen-bond acceptors (Lipinski definition) is 3. The van der Waals surface area contributed by atoms with Crippen molar-refractivity contribution in [1.82, 2.24) is 14.7 Å². The number of rotatable bonds is 2. The zero-order valence-corrected chi connectivity index (χ0v) is 11.7. The van der Waals surface area contributed by atoms with E-state index in [1.807, 2.05) is 23.1 Å². The first-order chi connectivity index (χ1) is 10.3. The number of amides is 1. The van der Waals surface area contributed by atoms with Gasteiger partial charge < -0.3 is 4.90 Å². The second-order valence-electron chi connectivity index (χ2n) is 5.16. The van der Waals surface area contributed by atoms with Crippen molar-refractivity contribution in [3.8, 4) is 5.69 Å². The first kappa shape index (κ1) is 13.5. The summed E-state index contributed by atoms with van der Waals surface area (Å²) in [5.74, 6) is -0.0978. The van der Waals surface area contributed by atoms with E-state index in [-0.39, 0.29) is 11.5 Å². The Hall–Kier alpha value is -2.43. The fourth-order valence-corrected chi connectivity index (χ4v) is 2.54. The minimum Gasteiger partial charge on any atom is -0.337 e. The molecule has 0 N–H and O–H groups in total. The molecule has 0 unspecified atom stereocenters. The second-order valence-corrected chi connectivity index (χ2v) is 5.16. The molecular formula is C16H17N3O2. The molecule has 0 radical (unpaired) electrons. The quantitative estimate of drug-likeness (QED) is 0.845. The van der Waals surface area contributed by atoms with E-state index in [2.05, 4.69) is 5.10 Å². The normalized spacial score (nSPS) is 15.0. The van der Waals surface area contributed by atoms with Crippen LogP contribution < -0.4 is 5.56 Å². The van der Waals surface area contributed by atoms with Gasteiger partial charge in [0, 0.05) is 19.2 Å². The van der Waals surface area contributed by atoms with E-state index in [9.17, 15) is 9.59 Å². The van der Waals surface area contributed by atoms with Gasteiger partial charge in [0.05, 0.1) is 5.69 Å². The Morgan fingerprint density at radius 1 is 0.952 bits per heavy atom. The smallest absolute Gasteiger partial charge is 0.274 e. The molecule has 1 aliphatic heterocycles. The Kier molecular flexibility index (Phi) is 3.81. The van der Waals surface area contributed by atoms with Crippen molar-refractivity contribution in [1.29, 1.82) is 0 Å². The lowest BCUT2D eigenvalue weighted by molar-refractivity contribution is 0.0716. The number of carbonyl (C=O) groups excluding carboxylic acids is 1. The fraction of sp³-hybridized carbons (Fsp3) is 0.312. The summed E-state index contributed by atoms with van der Waals surface area (Å²) in [7, 11) is 0. The number of piperidine rings is 1. The largest absolute Gasteiger partial charge is 0.337 e. The van der Waals surface area contributed by atoms with Crippen LogP contribution in [0.25, 0.3) is 5.69 Å². The van der Waals surface area contributed by atoms with Crippen LogP contribution in [0.15, 0.2) is 47.3 Å². The molecule has 1 aromatic heterocycles. The average molecular weight is 283 g/mol. The Bertz CT molecular complexity index is 688. The predicted octanol–water partition coefficient (Wildman–Crippen LogP) is 1.86. The van der Waals surface area contributed by atoms with Gasteiger partial charge in [0.15, 0.2) is 0 Å². The van der Waals surface area contributed by atoms with Crippen molar-refractivity contribution >= 4 is 5.91 Å². The van der Waals surface area contributed by atoms with Crippen molar-refractivity contribution < 1.29 is 4.79 Å². The topological polar surface area (TPSA) is 55.2 Å². The van der Waals surface area contributed by atoms with E-state index >= 15 is 0 Å². The molecule has 5 heteroatoms. The number of carbonyl (C=O) groups is 1. The molecule has 5 nitrogen and oxygen atoms in total. The maximum atomic E-state index is 12.4. The third-order valence-corrected chi connectivity index (χ3v) is 3.66. The van der Waals surface area contributed by atoms with Crippen LogP contribution in [0.3, 0.4) is 0 Å². The van der Waals surface area contributed by atoms with E-state index < -0.39 is 0 Å². The van der Waals surface area contributed by atoms with Crippen LogP contribution in [0.2, 0.25) is 0 Å². The van der Waals surface area contributed by atoms with Gasteiger partial charge >= 0.3 is 0 Å². The maximum absolute atomic E-state index is 12.4. The molecule has 21 heavy (non-hydrogen) atoms. The van der Waals surface area contributed by atoms with Crippen LogP contribution in [-0.4, -0.2) is 33.7 Å². The second kappa shape index (κ2) is 5.91. The molecule has 108 valence electrons. The molecular weight excluding hydrogens is 266 g/mol. The van der Waals surface area contributed by atoms with E-state index in [0.29, 0.717) is 11.4 Å². The van der Waals surface area contributed by atoms with Gasteiger partial charge in [-0.15, -0.1) is 0 Å². The first-order valence-electron chi connectivity index (χ1n) is 7.21. The van der Waals surface area contributed by atoms with Gasteiger partial charge in [-0.25, -0.2) is 0 Å². The van der Waals surface area contributed by atoms with Crippen LogP contribution in [0, 0.1) is 0 Å². The van der Waals surface area contributed by atoms with Gasteiger partial charge in [-0.3, -0.25) is 9.59 Å². The monoisotopic (exact) mass is 283 g/mol. The minimum atomic E-state index is -0.239. The van der Waals surface area contributed by atoms with E-state index in [0.717, 1.165) is 25.9 Å². The molecule has 1 fully saturated rings. The Morgan fingerprint density at radius 3 is 2.38 bits per heavy atom. The van der Waals surface area contributed by atoms with Gasteiger partial charge in [0.25, 0.3) is 11.5 Å². The zero-order valence-electron chi connectivity index (χ0n) is 11.7. The standard InChI is InChI=1S/C16H17N3O2/c20-15-10-9-14(16(21)18-11-5-2-6-12-18)17-19(15)13-7-3-1-4-8-13/h1,3-4,7-10H,2,5-6,11-12H2. The van der Waals surface area contributed by atoms with E-state index in [4.69, 9.17) is 0 Å². The van der Waals surface area contributed by atoms with Gasteiger partial charge in [0.2, 0.25) is 0 Å². The summed E-state index contributed by atoms with van der Waals surface area (Å²) in [5, 5.41) is 4.23. The number of para-hydroxylation sites is 1. The van der Waals surface area contributed by atoms with Crippen LogP contribution >= 0.6 is 0 Å². The average Bonchev–Trinajstić information content (AvgIpc) is 2.56. The SMILES string of the molecule is O=C(c1ccc(=O)n(-c2ccccc2)n1)N1CCCCC1. The lowest BCUT2D eigenvalue weighted by Crippen LogP contribution is -2.37. The van der Waals surface area contributed by atoms with Crippen molar-refractivity contribution in [3.05, 3.63) is 58.5 Å². The summed E-state index contributed by atoms with van der Waals surface area (Å²) in [5.41, 5.74) is 0.743. The van der Waals surface area contributed by atoms with Gasteiger partial charge in [-0.05, 0) is 37.5 Å². The molecule has 3 rings (SSSR count). The number of nitrogens with zero attached hydrogens (tertiary/aromatic N) is 3. The number of benzene rings is 1. The zero-order chi connectivity index (χ0) is 14.7. The minimum absolute atomic E-state index is 0.0978. The summed E-state index contributed by atoms with van der Waals surface area (Å²) in [6.45, 7) is 1.54. The van der Waals surface area contributed by atoms with Crippen LogP contribution in [0.4, 0.5) is 0 Å². The summed E-state index contributed by atoms with van der Waals surface area (Å²) in [6, 6.07) is 12.0. The van der Waals surface area contributed by atoms with Gasteiger partial charge in [-0.1, -0.05) is 18.2 Å². The van der Waals surface area contributed by atoms with E-state index in [1.165, 1.54) is 23.2 Å². The molecule has 0 saturated carbocycles. The lowest BCUT2D eigenvalue weighted by atomic mass is 10.1. The highest BCUT2D eigenvalue weighted by molar-refractivity contribution is 5.92. The molecule has 0 spiro atoms. The third kappa shape index (κ3) is 2.86. The molecule has 2 heterocycles. The predicted molar refractivity (Wildman–Crippen MR) is 79.6 cm³/mol. The highest BCUT2D eigenvalue weighted by Gasteiger charge is 2.20. The number of likely N-dealkylation sites (tertiary alicyclic amines) is 1. The summed E-state index contributed by atoms with van der Waals surface area (Å²) >= 11 is 0. The third-order valence-electron chi connectivity index (χ3n) is 3.66. The molecule has 1 aromatic carbocycles. The maximum Gasteiger partial charge on any atom is 0.274 e. The summed E-state index contributed by atoms with van der Waals surface area (Å²) < 4.78 is 1.27. The Labute approximate surface area is 122 Å². The van der Waals surface area contributed by atoms with Crippen LogP contribution in [0.1, 0.15) is 29.8 Å². The lowest BCUT2D eigenvalue weighted by Gasteiger charge is -2.26. The highest BCUT2D eigenvalue weighted by atomic mass is 16.2. The van der Waals surface area contributed by atoms with Crippen molar-refractivity contribution in [2.75, 3.05) is 13.1 Å². The van der Waals surface area contributed by atoms with Gasteiger partial charge in [0.1, 0.15) is 5.69 Å². The van der Waals surface area contributed by atoms with Crippen molar-refractivity contribution in [3.63, 3.8) is 0 Å². The Morgan fingerprint density at radius 2 is 1.67 bits per heavy atom. The molecule has 0 atom stereocenters. The van der Waals surface area contributed by atoms with Gasteiger partial charge in [-0.2, -0.15) is 9.78 Å². The fourth-order valence-electron chi connectivity index (χ4n) is 2.54. The van der Waals surface area contributed by atoms with Crippen molar-refractivity contribution in [2.24, 2.45) is 0 Å². The molecule has 2 aromatic rings. The summed E-state index contributed by atoms with van der Waals surface area (Å²) in [6.07, 6.45) is 3.23. The van der Waals surface area contributed by atoms with E-state index in [1.54, 1.807) is 12.1 Å². The first-order valence-corrected chi connectivity index (χ1v) is 7.21. The number of hydrogen-bond donors (Lipinski definition) is 0. The highest BCUT2D eigenvalue weighted by Crippen LogP contribution is 2.12. The van der Waals surface area contributed by atoms with Crippen molar-refractivity contribution in [2.45, 2.75) is 19.3 Å². The molecule has 0 aliphatic carbocycles. The molecule has 1 amide bonds. The van der Waals surface area contributed by atoms with Crippen LogP contribution in [-0.2, 0) is 0 Å². The summed E-state index contributed by atoms with van der Waals surface area (Å²) in [4.78, 5) is 26.2. The number of aromatic nitrogens is 2. The molecule has 1 saturated heterocycles. The molecule has 0 bridgehead atoms.